The first kappa shape index (κ1) is 19.5. The van der Waals surface area contributed by atoms with Crippen LogP contribution in [0.15, 0.2) is 0 Å². The number of carbonyl (C=O) groups is 2. The largest absolute Gasteiger partial charge is 0.448 e. The van der Waals surface area contributed by atoms with Gasteiger partial charge in [0.15, 0.2) is 0 Å². The lowest BCUT2D eigenvalue weighted by Crippen LogP contribution is -2.43. The summed E-state index contributed by atoms with van der Waals surface area (Å²) >= 11 is 0. The second-order valence-electron chi connectivity index (χ2n) is 6.28. The zero-order valence-electron chi connectivity index (χ0n) is 13.4. The molecule has 0 atom stereocenters. The Balaban J connectivity index is 3.63. The quantitative estimate of drug-likeness (QED) is 0.418. The molecule has 0 radical (unpaired) electrons. The van der Waals surface area contributed by atoms with Crippen molar-refractivity contribution in [2.75, 3.05) is 19.7 Å². The maximum atomic E-state index is 11.3. The minimum atomic E-state index is -0.699. The van der Waals surface area contributed by atoms with E-state index >= 15 is 0 Å². The molecule has 0 saturated carbocycles. The number of amides is 2. The van der Waals surface area contributed by atoms with Crippen molar-refractivity contribution in [3.05, 3.63) is 0 Å². The molecular weight excluding hydrogens is 278 g/mol. The lowest BCUT2D eigenvalue weighted by molar-refractivity contribution is 0.0326. The van der Waals surface area contributed by atoms with Crippen molar-refractivity contribution in [1.82, 2.24) is 16.1 Å². The van der Waals surface area contributed by atoms with E-state index in [0.717, 1.165) is 0 Å². The summed E-state index contributed by atoms with van der Waals surface area (Å²) in [5.74, 6) is 0. The number of ether oxygens (including phenoxy) is 2. The minimum absolute atomic E-state index is 0.0332. The van der Waals surface area contributed by atoms with Crippen LogP contribution < -0.4 is 16.1 Å². The van der Waals surface area contributed by atoms with Gasteiger partial charge in [-0.15, -0.1) is 0 Å². The van der Waals surface area contributed by atoms with Crippen molar-refractivity contribution < 1.29 is 24.3 Å². The first-order chi connectivity index (χ1) is 9.56. The highest BCUT2D eigenvalue weighted by Gasteiger charge is 2.18. The number of rotatable bonds is 7. The molecule has 0 heterocycles. The summed E-state index contributed by atoms with van der Waals surface area (Å²) in [7, 11) is 0. The van der Waals surface area contributed by atoms with E-state index in [1.54, 1.807) is 34.6 Å². The van der Waals surface area contributed by atoms with Crippen LogP contribution in [-0.2, 0) is 9.47 Å². The summed E-state index contributed by atoms with van der Waals surface area (Å²) < 4.78 is 9.97. The van der Waals surface area contributed by atoms with Gasteiger partial charge in [0, 0.05) is 13.1 Å². The fraction of sp³-hybridized carbons (Fsp3) is 0.846. The van der Waals surface area contributed by atoms with E-state index in [0.29, 0.717) is 19.5 Å². The SMILES string of the molecule is CC(C)(COC(=O)NCCCNC(=O)OC(C)(C)C)NO. The van der Waals surface area contributed by atoms with Crippen molar-refractivity contribution in [3.63, 3.8) is 0 Å². The summed E-state index contributed by atoms with van der Waals surface area (Å²) in [6.07, 6.45) is -0.507. The van der Waals surface area contributed by atoms with Crippen LogP contribution in [0.25, 0.3) is 0 Å². The molecular formula is C13H27N3O5. The Bertz CT molecular complexity index is 339. The molecule has 0 aliphatic heterocycles. The van der Waals surface area contributed by atoms with Crippen LogP contribution >= 0.6 is 0 Å². The van der Waals surface area contributed by atoms with E-state index in [1.165, 1.54) is 0 Å². The van der Waals surface area contributed by atoms with Gasteiger partial charge in [-0.1, -0.05) is 0 Å². The number of carbonyl (C=O) groups excluding carboxylic acids is 2. The number of hydrogen-bond acceptors (Lipinski definition) is 6. The molecule has 2 amide bonds. The van der Waals surface area contributed by atoms with Gasteiger partial charge in [-0.2, -0.15) is 5.48 Å². The Hall–Kier alpha value is -1.54. The van der Waals surface area contributed by atoms with E-state index in [9.17, 15) is 9.59 Å². The van der Waals surface area contributed by atoms with Crippen LogP contribution in [0.5, 0.6) is 0 Å². The highest BCUT2D eigenvalue weighted by Crippen LogP contribution is 2.06. The predicted molar refractivity (Wildman–Crippen MR) is 77.2 cm³/mol. The third-order valence-electron chi connectivity index (χ3n) is 2.16. The van der Waals surface area contributed by atoms with Crippen LogP contribution in [0, 0.1) is 0 Å². The van der Waals surface area contributed by atoms with Crippen LogP contribution in [0.1, 0.15) is 41.0 Å². The van der Waals surface area contributed by atoms with Crippen molar-refractivity contribution in [1.29, 1.82) is 0 Å². The summed E-state index contributed by atoms with van der Waals surface area (Å²) in [5.41, 5.74) is 0.811. The lowest BCUT2D eigenvalue weighted by atomic mass is 10.1. The number of hydrogen-bond donors (Lipinski definition) is 4. The predicted octanol–water partition coefficient (Wildman–Crippen LogP) is 1.38. The molecule has 0 aliphatic rings. The third kappa shape index (κ3) is 11.9. The van der Waals surface area contributed by atoms with Crippen molar-refractivity contribution in [2.24, 2.45) is 0 Å². The van der Waals surface area contributed by atoms with E-state index in [2.05, 4.69) is 10.6 Å². The fourth-order valence-corrected chi connectivity index (χ4v) is 1.11. The highest BCUT2D eigenvalue weighted by molar-refractivity contribution is 5.68. The van der Waals surface area contributed by atoms with Gasteiger partial charge in [0.1, 0.15) is 12.2 Å². The van der Waals surface area contributed by atoms with Gasteiger partial charge in [0.25, 0.3) is 0 Å². The maximum Gasteiger partial charge on any atom is 0.407 e. The molecule has 0 aromatic rings. The molecule has 8 nitrogen and oxygen atoms in total. The van der Waals surface area contributed by atoms with Gasteiger partial charge in [-0.25, -0.2) is 9.59 Å². The van der Waals surface area contributed by atoms with Crippen molar-refractivity contribution >= 4 is 12.2 Å². The smallest absolute Gasteiger partial charge is 0.407 e. The molecule has 21 heavy (non-hydrogen) atoms. The zero-order valence-corrected chi connectivity index (χ0v) is 13.4. The van der Waals surface area contributed by atoms with Gasteiger partial charge in [0.05, 0.1) is 5.54 Å². The zero-order chi connectivity index (χ0) is 16.5. The molecule has 0 saturated heterocycles. The number of hydroxylamine groups is 1. The summed E-state index contributed by atoms with van der Waals surface area (Å²) in [6, 6.07) is 0. The second kappa shape index (κ2) is 8.68. The lowest BCUT2D eigenvalue weighted by Gasteiger charge is -2.21. The highest BCUT2D eigenvalue weighted by atomic mass is 16.6. The second-order valence-corrected chi connectivity index (χ2v) is 6.28. The number of alkyl carbamates (subject to hydrolysis) is 2. The number of nitrogens with one attached hydrogen (secondary N) is 3. The Morgan fingerprint density at radius 1 is 1.00 bits per heavy atom. The third-order valence-corrected chi connectivity index (χ3v) is 2.16. The first-order valence-corrected chi connectivity index (χ1v) is 6.84. The molecule has 0 rings (SSSR count). The van der Waals surface area contributed by atoms with Gasteiger partial charge in [0.2, 0.25) is 0 Å². The van der Waals surface area contributed by atoms with Crippen molar-refractivity contribution in [2.45, 2.75) is 52.2 Å². The summed E-state index contributed by atoms with van der Waals surface area (Å²) in [6.45, 7) is 9.51. The van der Waals surface area contributed by atoms with E-state index < -0.39 is 23.3 Å². The Labute approximate surface area is 125 Å². The molecule has 124 valence electrons. The van der Waals surface area contributed by atoms with Gasteiger partial charge in [-0.3, -0.25) is 0 Å². The van der Waals surface area contributed by atoms with Crippen LogP contribution in [0.3, 0.4) is 0 Å². The average molecular weight is 305 g/mol. The molecule has 4 N–H and O–H groups in total. The molecule has 0 fully saturated rings. The maximum absolute atomic E-state index is 11.3. The first-order valence-electron chi connectivity index (χ1n) is 6.84. The molecule has 8 heteroatoms. The van der Waals surface area contributed by atoms with Crippen LogP contribution in [0.2, 0.25) is 0 Å². The fourth-order valence-electron chi connectivity index (χ4n) is 1.11. The minimum Gasteiger partial charge on any atom is -0.448 e. The summed E-state index contributed by atoms with van der Waals surface area (Å²) in [4.78, 5) is 22.7. The van der Waals surface area contributed by atoms with Crippen molar-refractivity contribution in [3.8, 4) is 0 Å². The standard InChI is InChI=1S/C13H27N3O5/c1-12(2,3)21-11(18)15-8-6-7-14-10(17)20-9-13(4,5)16-19/h16,19H,6-9H2,1-5H3,(H,14,17)(H,15,18). The molecule has 0 aromatic carbocycles. The Morgan fingerprint density at radius 2 is 1.52 bits per heavy atom. The van der Waals surface area contributed by atoms with E-state index in [4.69, 9.17) is 14.7 Å². The summed E-state index contributed by atoms with van der Waals surface area (Å²) in [5, 5.41) is 13.9. The van der Waals surface area contributed by atoms with Gasteiger partial charge in [-0.05, 0) is 41.0 Å². The molecule has 0 bridgehead atoms. The average Bonchev–Trinajstić information content (AvgIpc) is 2.34. The van der Waals surface area contributed by atoms with Crippen LogP contribution in [-0.4, -0.2) is 48.2 Å². The Kier molecular flexibility index (Phi) is 8.05. The molecule has 0 aromatic heterocycles. The monoisotopic (exact) mass is 305 g/mol. The molecule has 0 aliphatic carbocycles. The van der Waals surface area contributed by atoms with Crippen LogP contribution in [0.4, 0.5) is 9.59 Å². The normalized spacial score (nSPS) is 11.7. The topological polar surface area (TPSA) is 109 Å². The molecule has 0 spiro atoms. The van der Waals surface area contributed by atoms with Gasteiger partial charge >= 0.3 is 12.2 Å². The van der Waals surface area contributed by atoms with E-state index in [1.807, 2.05) is 5.48 Å². The Morgan fingerprint density at radius 3 is 2.00 bits per heavy atom. The van der Waals surface area contributed by atoms with E-state index in [-0.39, 0.29) is 6.61 Å². The molecule has 0 unspecified atom stereocenters. The van der Waals surface area contributed by atoms with Gasteiger partial charge < -0.3 is 25.3 Å².